The lowest BCUT2D eigenvalue weighted by molar-refractivity contribution is -0.140. The van der Waals surface area contributed by atoms with Gasteiger partial charge in [0.25, 0.3) is 0 Å². The van der Waals surface area contributed by atoms with Crippen molar-refractivity contribution in [3.63, 3.8) is 0 Å². The number of anilines is 1. The summed E-state index contributed by atoms with van der Waals surface area (Å²) in [6.07, 6.45) is 1.92. The lowest BCUT2D eigenvalue weighted by Crippen LogP contribution is -2.39. The smallest absolute Gasteiger partial charge is 0.355 e. The fourth-order valence-electron chi connectivity index (χ4n) is 2.46. The van der Waals surface area contributed by atoms with Crippen LogP contribution >= 0.6 is 0 Å². The van der Waals surface area contributed by atoms with E-state index in [1.165, 1.54) is 14.2 Å². The molecule has 136 valence electrons. The zero-order valence-electron chi connectivity index (χ0n) is 14.7. The second-order valence-corrected chi connectivity index (χ2v) is 5.39. The standard InChI is InChI=1S/C18H23NO6/c1-4-5-10-25-15-9-7-6-8-14(15)19-12-24-11-13(17(20)22-2)16(19)18(21)23-3/h6-9H,4-5,10-12H2,1-3H3. The zero-order chi connectivity index (χ0) is 18.2. The monoisotopic (exact) mass is 349 g/mol. The average molecular weight is 349 g/mol. The third-order valence-corrected chi connectivity index (χ3v) is 3.74. The van der Waals surface area contributed by atoms with Gasteiger partial charge in [-0.05, 0) is 18.6 Å². The first-order chi connectivity index (χ1) is 12.1. The third kappa shape index (κ3) is 4.30. The summed E-state index contributed by atoms with van der Waals surface area (Å²) < 4.78 is 20.9. The number of hydrogen-bond acceptors (Lipinski definition) is 7. The molecule has 0 bridgehead atoms. The van der Waals surface area contributed by atoms with Crippen LogP contribution < -0.4 is 9.64 Å². The number of rotatable bonds is 7. The highest BCUT2D eigenvalue weighted by atomic mass is 16.5. The summed E-state index contributed by atoms with van der Waals surface area (Å²) in [7, 11) is 2.52. The molecule has 0 atom stereocenters. The number of benzene rings is 1. The van der Waals surface area contributed by atoms with Gasteiger partial charge in [0.15, 0.2) is 0 Å². The summed E-state index contributed by atoms with van der Waals surface area (Å²) in [4.78, 5) is 25.9. The van der Waals surface area contributed by atoms with Crippen molar-refractivity contribution in [1.29, 1.82) is 0 Å². The zero-order valence-corrected chi connectivity index (χ0v) is 14.7. The Hall–Kier alpha value is -2.54. The molecule has 1 aliphatic heterocycles. The number of carbonyl (C=O) groups is 2. The van der Waals surface area contributed by atoms with E-state index in [-0.39, 0.29) is 24.6 Å². The molecule has 0 saturated heterocycles. The van der Waals surface area contributed by atoms with E-state index in [0.717, 1.165) is 12.8 Å². The lowest BCUT2D eigenvalue weighted by atomic mass is 10.1. The van der Waals surface area contributed by atoms with Crippen LogP contribution in [0.5, 0.6) is 5.75 Å². The van der Waals surface area contributed by atoms with E-state index < -0.39 is 11.9 Å². The van der Waals surface area contributed by atoms with Gasteiger partial charge >= 0.3 is 11.9 Å². The minimum absolute atomic E-state index is 0.0214. The van der Waals surface area contributed by atoms with Crippen molar-refractivity contribution < 1.29 is 28.5 Å². The molecular formula is C18H23NO6. The van der Waals surface area contributed by atoms with Gasteiger partial charge in [0.05, 0.1) is 38.7 Å². The van der Waals surface area contributed by atoms with Gasteiger partial charge in [0.2, 0.25) is 0 Å². The molecule has 1 aliphatic rings. The quantitative estimate of drug-likeness (QED) is 0.552. The van der Waals surface area contributed by atoms with E-state index in [4.69, 9.17) is 18.9 Å². The molecule has 2 rings (SSSR count). The summed E-state index contributed by atoms with van der Waals surface area (Å²) >= 11 is 0. The Morgan fingerprint density at radius 3 is 2.56 bits per heavy atom. The van der Waals surface area contributed by atoms with E-state index in [1.54, 1.807) is 11.0 Å². The molecule has 0 N–H and O–H groups in total. The SMILES string of the molecule is CCCCOc1ccccc1N1COCC(C(=O)OC)=C1C(=O)OC. The highest BCUT2D eigenvalue weighted by Gasteiger charge is 2.33. The van der Waals surface area contributed by atoms with Gasteiger partial charge in [-0.25, -0.2) is 9.59 Å². The van der Waals surface area contributed by atoms with Crippen LogP contribution in [0.15, 0.2) is 35.5 Å². The van der Waals surface area contributed by atoms with Crippen LogP contribution in [0.2, 0.25) is 0 Å². The Balaban J connectivity index is 2.45. The second kappa shape index (κ2) is 9.08. The van der Waals surface area contributed by atoms with Gasteiger partial charge in [-0.2, -0.15) is 0 Å². The maximum Gasteiger partial charge on any atom is 0.355 e. The highest BCUT2D eigenvalue weighted by Crippen LogP contribution is 2.34. The molecule has 0 fully saturated rings. The van der Waals surface area contributed by atoms with Crippen LogP contribution in [-0.2, 0) is 23.8 Å². The first-order valence-corrected chi connectivity index (χ1v) is 8.10. The number of esters is 2. The maximum atomic E-state index is 12.3. The molecule has 0 saturated carbocycles. The van der Waals surface area contributed by atoms with Crippen LogP contribution in [0.3, 0.4) is 0 Å². The van der Waals surface area contributed by atoms with Crippen molar-refractivity contribution in [2.24, 2.45) is 0 Å². The normalized spacial score (nSPS) is 14.3. The molecule has 0 amide bonds. The number of nitrogens with zero attached hydrogens (tertiary/aromatic N) is 1. The Labute approximate surface area is 147 Å². The minimum Gasteiger partial charge on any atom is -0.491 e. The number of methoxy groups -OCH3 is 2. The first kappa shape index (κ1) is 18.8. The number of carbonyl (C=O) groups excluding carboxylic acids is 2. The van der Waals surface area contributed by atoms with E-state index in [2.05, 4.69) is 6.92 Å². The highest BCUT2D eigenvalue weighted by molar-refractivity contribution is 6.03. The van der Waals surface area contributed by atoms with Gasteiger partial charge < -0.3 is 23.8 Å². The molecule has 7 nitrogen and oxygen atoms in total. The maximum absolute atomic E-state index is 12.3. The van der Waals surface area contributed by atoms with Gasteiger partial charge in [-0.1, -0.05) is 25.5 Å². The molecule has 1 heterocycles. The second-order valence-electron chi connectivity index (χ2n) is 5.39. The largest absolute Gasteiger partial charge is 0.491 e. The molecule has 25 heavy (non-hydrogen) atoms. The molecule has 0 aliphatic carbocycles. The summed E-state index contributed by atoms with van der Waals surface area (Å²) in [6, 6.07) is 7.28. The predicted octanol–water partition coefficient (Wildman–Crippen LogP) is 2.26. The number of hydrogen-bond donors (Lipinski definition) is 0. The Morgan fingerprint density at radius 2 is 1.88 bits per heavy atom. The lowest BCUT2D eigenvalue weighted by Gasteiger charge is -2.32. The van der Waals surface area contributed by atoms with Crippen LogP contribution in [0.1, 0.15) is 19.8 Å². The molecule has 0 aromatic heterocycles. The summed E-state index contributed by atoms with van der Waals surface area (Å²) in [5.41, 5.74) is 0.844. The van der Waals surface area contributed by atoms with E-state index in [1.807, 2.05) is 18.2 Å². The third-order valence-electron chi connectivity index (χ3n) is 3.74. The van der Waals surface area contributed by atoms with Crippen molar-refractivity contribution in [2.75, 3.05) is 39.1 Å². The average Bonchev–Trinajstić information content (AvgIpc) is 2.66. The van der Waals surface area contributed by atoms with Crippen molar-refractivity contribution in [3.8, 4) is 5.75 Å². The molecule has 1 aromatic carbocycles. The molecular weight excluding hydrogens is 326 g/mol. The summed E-state index contributed by atoms with van der Waals surface area (Å²) in [6.45, 7) is 2.71. The fraction of sp³-hybridized carbons (Fsp3) is 0.444. The van der Waals surface area contributed by atoms with Gasteiger partial charge in [0.1, 0.15) is 18.2 Å². The van der Waals surface area contributed by atoms with E-state index in [0.29, 0.717) is 18.0 Å². The molecule has 0 unspecified atom stereocenters. The van der Waals surface area contributed by atoms with E-state index in [9.17, 15) is 9.59 Å². The molecule has 0 radical (unpaired) electrons. The fourth-order valence-corrected chi connectivity index (χ4v) is 2.46. The molecule has 0 spiro atoms. The Morgan fingerprint density at radius 1 is 1.16 bits per heavy atom. The minimum atomic E-state index is -0.632. The van der Waals surface area contributed by atoms with Crippen LogP contribution in [0.25, 0.3) is 0 Å². The van der Waals surface area contributed by atoms with Crippen molar-refractivity contribution in [2.45, 2.75) is 19.8 Å². The van der Waals surface area contributed by atoms with Crippen LogP contribution in [0, 0.1) is 0 Å². The Kier molecular flexibility index (Phi) is 6.82. The van der Waals surface area contributed by atoms with Gasteiger partial charge in [-0.3, -0.25) is 0 Å². The van der Waals surface area contributed by atoms with E-state index >= 15 is 0 Å². The number of ether oxygens (including phenoxy) is 4. The Bertz CT molecular complexity index is 655. The summed E-state index contributed by atoms with van der Waals surface area (Å²) in [5.74, 6) is -0.659. The van der Waals surface area contributed by atoms with Gasteiger partial charge in [0, 0.05) is 0 Å². The number of para-hydroxylation sites is 2. The number of unbranched alkanes of at least 4 members (excludes halogenated alkanes) is 1. The van der Waals surface area contributed by atoms with Crippen molar-refractivity contribution >= 4 is 17.6 Å². The first-order valence-electron chi connectivity index (χ1n) is 8.10. The molecule has 7 heteroatoms. The van der Waals surface area contributed by atoms with Crippen LogP contribution in [-0.4, -0.2) is 46.1 Å². The van der Waals surface area contributed by atoms with Crippen molar-refractivity contribution in [3.05, 3.63) is 35.5 Å². The molecule has 1 aromatic rings. The van der Waals surface area contributed by atoms with Crippen LogP contribution in [0.4, 0.5) is 5.69 Å². The van der Waals surface area contributed by atoms with Crippen molar-refractivity contribution in [1.82, 2.24) is 0 Å². The summed E-state index contributed by atoms with van der Waals surface area (Å²) in [5, 5.41) is 0. The topological polar surface area (TPSA) is 74.3 Å². The predicted molar refractivity (Wildman–Crippen MR) is 91.2 cm³/mol. The van der Waals surface area contributed by atoms with Gasteiger partial charge in [-0.15, -0.1) is 0 Å².